The van der Waals surface area contributed by atoms with Crippen LogP contribution in [0.3, 0.4) is 0 Å². The molecule has 0 amide bonds. The standard InChI is InChI=1S/C12H21N3O/c1-3-9-5-4-6-10(7-9)16-12-11(13)8-15(2)14-12/h8-10H,3-7,13H2,1-2H3. The molecule has 1 aromatic rings. The minimum Gasteiger partial charge on any atom is -0.472 e. The molecule has 2 atom stereocenters. The van der Waals surface area contributed by atoms with Gasteiger partial charge < -0.3 is 10.5 Å². The Morgan fingerprint density at radius 1 is 1.56 bits per heavy atom. The lowest BCUT2D eigenvalue weighted by atomic mass is 9.85. The van der Waals surface area contributed by atoms with Gasteiger partial charge in [0.1, 0.15) is 11.8 Å². The molecule has 1 aliphatic carbocycles. The largest absolute Gasteiger partial charge is 0.472 e. The van der Waals surface area contributed by atoms with Gasteiger partial charge in [-0.3, -0.25) is 4.68 Å². The second kappa shape index (κ2) is 4.76. The number of ether oxygens (including phenoxy) is 1. The lowest BCUT2D eigenvalue weighted by Crippen LogP contribution is -2.25. The summed E-state index contributed by atoms with van der Waals surface area (Å²) in [5.74, 6) is 1.41. The van der Waals surface area contributed by atoms with Gasteiger partial charge in [-0.25, -0.2) is 0 Å². The van der Waals surface area contributed by atoms with Gasteiger partial charge >= 0.3 is 0 Å². The number of nitrogens with two attached hydrogens (primary N) is 1. The zero-order chi connectivity index (χ0) is 11.5. The highest BCUT2D eigenvalue weighted by atomic mass is 16.5. The lowest BCUT2D eigenvalue weighted by molar-refractivity contribution is 0.117. The van der Waals surface area contributed by atoms with Crippen LogP contribution in [0.2, 0.25) is 0 Å². The van der Waals surface area contributed by atoms with E-state index < -0.39 is 0 Å². The quantitative estimate of drug-likeness (QED) is 0.855. The summed E-state index contributed by atoms with van der Waals surface area (Å²) >= 11 is 0. The van der Waals surface area contributed by atoms with E-state index in [0.29, 0.717) is 17.7 Å². The van der Waals surface area contributed by atoms with Crippen LogP contribution in [0.5, 0.6) is 5.88 Å². The molecule has 1 heterocycles. The predicted octanol–water partition coefficient (Wildman–Crippen LogP) is 2.35. The van der Waals surface area contributed by atoms with E-state index in [0.717, 1.165) is 18.8 Å². The van der Waals surface area contributed by atoms with Crippen LogP contribution >= 0.6 is 0 Å². The van der Waals surface area contributed by atoms with Gasteiger partial charge in [-0.2, -0.15) is 0 Å². The first-order chi connectivity index (χ1) is 7.69. The van der Waals surface area contributed by atoms with Crippen molar-refractivity contribution in [3.05, 3.63) is 6.20 Å². The maximum absolute atomic E-state index is 5.88. The van der Waals surface area contributed by atoms with Crippen LogP contribution in [-0.2, 0) is 7.05 Å². The van der Waals surface area contributed by atoms with Gasteiger partial charge in [0.2, 0.25) is 0 Å². The first kappa shape index (κ1) is 11.3. The fraction of sp³-hybridized carbons (Fsp3) is 0.750. The average Bonchev–Trinajstić information content (AvgIpc) is 2.58. The van der Waals surface area contributed by atoms with E-state index in [1.54, 1.807) is 10.9 Å². The second-order valence-corrected chi connectivity index (χ2v) is 4.74. The van der Waals surface area contributed by atoms with E-state index in [2.05, 4.69) is 12.0 Å². The highest BCUT2D eigenvalue weighted by Gasteiger charge is 2.23. The first-order valence-electron chi connectivity index (χ1n) is 6.14. The van der Waals surface area contributed by atoms with Gasteiger partial charge in [-0.15, -0.1) is 5.10 Å². The highest BCUT2D eigenvalue weighted by molar-refractivity contribution is 5.45. The summed E-state index contributed by atoms with van der Waals surface area (Å²) in [4.78, 5) is 0. The minimum atomic E-state index is 0.302. The van der Waals surface area contributed by atoms with E-state index in [1.807, 2.05) is 7.05 Å². The van der Waals surface area contributed by atoms with Crippen LogP contribution in [0.4, 0.5) is 5.69 Å². The maximum Gasteiger partial charge on any atom is 0.256 e. The number of anilines is 1. The molecule has 1 saturated carbocycles. The summed E-state index contributed by atoms with van der Waals surface area (Å²) in [5.41, 5.74) is 6.46. The number of nitrogens with zero attached hydrogens (tertiary/aromatic N) is 2. The molecule has 1 aliphatic rings. The molecule has 2 rings (SSSR count). The van der Waals surface area contributed by atoms with E-state index >= 15 is 0 Å². The number of rotatable bonds is 3. The molecule has 0 spiro atoms. The Bertz CT molecular complexity index is 348. The van der Waals surface area contributed by atoms with Crippen molar-refractivity contribution in [1.82, 2.24) is 9.78 Å². The number of hydrogen-bond acceptors (Lipinski definition) is 3. The smallest absolute Gasteiger partial charge is 0.256 e. The second-order valence-electron chi connectivity index (χ2n) is 4.74. The van der Waals surface area contributed by atoms with Crippen LogP contribution in [-0.4, -0.2) is 15.9 Å². The normalized spacial score (nSPS) is 25.6. The molecule has 1 aromatic heterocycles. The summed E-state index contributed by atoms with van der Waals surface area (Å²) < 4.78 is 7.58. The molecule has 0 aliphatic heterocycles. The molecular formula is C12H21N3O. The van der Waals surface area contributed by atoms with Crippen LogP contribution < -0.4 is 10.5 Å². The van der Waals surface area contributed by atoms with E-state index in [1.165, 1.54) is 19.3 Å². The molecule has 4 heteroatoms. The number of hydrogen-bond donors (Lipinski definition) is 1. The molecule has 90 valence electrons. The molecule has 0 bridgehead atoms. The van der Waals surface area contributed by atoms with Gasteiger partial charge in [0.05, 0.1) is 6.20 Å². The summed E-state index contributed by atoms with van der Waals surface area (Å²) in [7, 11) is 1.86. The summed E-state index contributed by atoms with van der Waals surface area (Å²) in [5, 5.41) is 4.22. The van der Waals surface area contributed by atoms with Gasteiger partial charge in [0, 0.05) is 7.05 Å². The van der Waals surface area contributed by atoms with Gasteiger partial charge in [-0.05, 0) is 25.2 Å². The third-order valence-corrected chi connectivity index (χ3v) is 3.41. The Kier molecular flexibility index (Phi) is 3.36. The van der Waals surface area contributed by atoms with Crippen molar-refractivity contribution in [3.8, 4) is 5.88 Å². The molecule has 1 fully saturated rings. The monoisotopic (exact) mass is 223 g/mol. The highest BCUT2D eigenvalue weighted by Crippen LogP contribution is 2.30. The van der Waals surface area contributed by atoms with Crippen LogP contribution in [0.25, 0.3) is 0 Å². The Morgan fingerprint density at radius 3 is 3.00 bits per heavy atom. The van der Waals surface area contributed by atoms with Crippen LogP contribution in [0.1, 0.15) is 39.0 Å². The molecule has 0 saturated heterocycles. The van der Waals surface area contributed by atoms with Crippen molar-refractivity contribution < 1.29 is 4.74 Å². The zero-order valence-electron chi connectivity index (χ0n) is 10.1. The van der Waals surface area contributed by atoms with Crippen LogP contribution in [0, 0.1) is 5.92 Å². The number of aryl methyl sites for hydroxylation is 1. The van der Waals surface area contributed by atoms with Gasteiger partial charge in [0.15, 0.2) is 0 Å². The van der Waals surface area contributed by atoms with Crippen molar-refractivity contribution in [2.24, 2.45) is 13.0 Å². The van der Waals surface area contributed by atoms with Crippen molar-refractivity contribution in [2.75, 3.05) is 5.73 Å². The molecule has 0 aromatic carbocycles. The van der Waals surface area contributed by atoms with Crippen molar-refractivity contribution >= 4 is 5.69 Å². The van der Waals surface area contributed by atoms with Gasteiger partial charge in [0.25, 0.3) is 5.88 Å². The zero-order valence-corrected chi connectivity index (χ0v) is 10.1. The SMILES string of the molecule is CCC1CCCC(Oc2nn(C)cc2N)C1. The van der Waals surface area contributed by atoms with Crippen molar-refractivity contribution in [1.29, 1.82) is 0 Å². The van der Waals surface area contributed by atoms with E-state index in [-0.39, 0.29) is 0 Å². The third kappa shape index (κ3) is 2.49. The molecule has 2 N–H and O–H groups in total. The Labute approximate surface area is 96.8 Å². The molecular weight excluding hydrogens is 202 g/mol. The third-order valence-electron chi connectivity index (χ3n) is 3.41. The van der Waals surface area contributed by atoms with E-state index in [9.17, 15) is 0 Å². The molecule has 2 unspecified atom stereocenters. The fourth-order valence-electron chi connectivity index (χ4n) is 2.46. The lowest BCUT2D eigenvalue weighted by Gasteiger charge is -2.28. The summed E-state index contributed by atoms with van der Waals surface area (Å²) in [6.07, 6.45) is 8.21. The molecule has 16 heavy (non-hydrogen) atoms. The average molecular weight is 223 g/mol. The minimum absolute atomic E-state index is 0.302. The number of aromatic nitrogens is 2. The van der Waals surface area contributed by atoms with Crippen LogP contribution in [0.15, 0.2) is 6.20 Å². The topological polar surface area (TPSA) is 53.1 Å². The van der Waals surface area contributed by atoms with E-state index in [4.69, 9.17) is 10.5 Å². The van der Waals surface area contributed by atoms with Crippen molar-refractivity contribution in [3.63, 3.8) is 0 Å². The predicted molar refractivity (Wildman–Crippen MR) is 64.3 cm³/mol. The fourth-order valence-corrected chi connectivity index (χ4v) is 2.46. The molecule has 4 nitrogen and oxygen atoms in total. The first-order valence-corrected chi connectivity index (χ1v) is 6.14. The van der Waals surface area contributed by atoms with Gasteiger partial charge in [-0.1, -0.05) is 19.8 Å². The summed E-state index contributed by atoms with van der Waals surface area (Å²) in [6, 6.07) is 0. The molecule has 0 radical (unpaired) electrons. The Hall–Kier alpha value is -1.19. The Balaban J connectivity index is 1.96. The Morgan fingerprint density at radius 2 is 2.38 bits per heavy atom. The number of nitrogen functional groups attached to an aromatic ring is 1. The van der Waals surface area contributed by atoms with Crippen molar-refractivity contribution in [2.45, 2.75) is 45.1 Å². The maximum atomic E-state index is 5.88. The summed E-state index contributed by atoms with van der Waals surface area (Å²) in [6.45, 7) is 2.25.